The average molecular weight is 494 g/mol. The summed E-state index contributed by atoms with van der Waals surface area (Å²) >= 11 is 0. The normalized spacial score (nSPS) is 12.9. The maximum Gasteiger partial charge on any atom is 0.273 e. The van der Waals surface area contributed by atoms with Gasteiger partial charge in [0.2, 0.25) is 0 Å². The number of benzene rings is 3. The van der Waals surface area contributed by atoms with E-state index in [1.165, 1.54) is 17.7 Å². The van der Waals surface area contributed by atoms with E-state index in [1.54, 1.807) is 25.3 Å². The zero-order chi connectivity index (χ0) is 25.5. The lowest BCUT2D eigenvalue weighted by Gasteiger charge is -2.11. The molecular formula is C31H28FN3O2. The number of halogens is 1. The molecule has 1 aliphatic rings. The molecular weight excluding hydrogens is 465 g/mol. The van der Waals surface area contributed by atoms with Crippen molar-refractivity contribution in [1.29, 1.82) is 0 Å². The lowest BCUT2D eigenvalue weighted by Crippen LogP contribution is -2.15. The van der Waals surface area contributed by atoms with Crippen LogP contribution in [0.15, 0.2) is 79.0 Å². The molecule has 0 atom stereocenters. The first-order chi connectivity index (χ1) is 18.0. The van der Waals surface area contributed by atoms with E-state index < -0.39 is 0 Å². The molecule has 37 heavy (non-hydrogen) atoms. The molecule has 5 aromatic rings. The number of anilines is 1. The molecule has 1 aliphatic heterocycles. The molecule has 0 radical (unpaired) electrons. The first-order valence-electron chi connectivity index (χ1n) is 12.6. The van der Waals surface area contributed by atoms with Crippen molar-refractivity contribution in [3.8, 4) is 28.1 Å². The predicted octanol–water partition coefficient (Wildman–Crippen LogP) is 7.12. The summed E-state index contributed by atoms with van der Waals surface area (Å²) in [6.07, 6.45) is 4.98. The molecule has 0 saturated carbocycles. The lowest BCUT2D eigenvalue weighted by atomic mass is 9.97. The zero-order valence-corrected chi connectivity index (χ0v) is 20.9. The first kappa shape index (κ1) is 23.1. The standard InChI is InChI=1S/C31H28FN3O2/c1-20-9-11-21(12-10-20)27-19-35-29(30(36)33-24-6-5-7-25(18-24)37-2)28(22-13-15-23(32)16-14-22)26-8-3-4-17-34(27)31(26)35/h5-7,9-16,18-19H,3-4,8,17H2,1-2H3,(H,33,36). The van der Waals surface area contributed by atoms with Crippen molar-refractivity contribution < 1.29 is 13.9 Å². The number of amides is 1. The topological polar surface area (TPSA) is 47.7 Å². The van der Waals surface area contributed by atoms with Gasteiger partial charge in [-0.05, 0) is 61.6 Å². The van der Waals surface area contributed by atoms with Gasteiger partial charge in [-0.2, -0.15) is 0 Å². The maximum absolute atomic E-state index is 14.0. The van der Waals surface area contributed by atoms with E-state index in [0.29, 0.717) is 17.1 Å². The third-order valence-corrected chi connectivity index (χ3v) is 7.16. The van der Waals surface area contributed by atoms with Gasteiger partial charge in [-0.1, -0.05) is 48.0 Å². The van der Waals surface area contributed by atoms with Crippen LogP contribution in [0.25, 0.3) is 28.0 Å². The summed E-state index contributed by atoms with van der Waals surface area (Å²) in [5.41, 5.74) is 8.45. The first-order valence-corrected chi connectivity index (χ1v) is 12.6. The molecule has 3 heterocycles. The number of aromatic nitrogens is 2. The number of ether oxygens (including phenoxy) is 1. The molecule has 1 amide bonds. The van der Waals surface area contributed by atoms with Gasteiger partial charge >= 0.3 is 0 Å². The number of nitrogens with zero attached hydrogens (tertiary/aromatic N) is 2. The van der Waals surface area contributed by atoms with Crippen LogP contribution in [0.3, 0.4) is 0 Å². The molecule has 0 unspecified atom stereocenters. The predicted molar refractivity (Wildman–Crippen MR) is 145 cm³/mol. The number of carbonyl (C=O) groups excluding carboxylic acids is 1. The molecule has 0 saturated heterocycles. The van der Waals surface area contributed by atoms with Crippen LogP contribution in [-0.4, -0.2) is 22.0 Å². The van der Waals surface area contributed by atoms with E-state index in [2.05, 4.69) is 47.3 Å². The van der Waals surface area contributed by atoms with E-state index >= 15 is 0 Å². The van der Waals surface area contributed by atoms with Gasteiger partial charge < -0.3 is 14.6 Å². The largest absolute Gasteiger partial charge is 0.497 e. The highest BCUT2D eigenvalue weighted by Gasteiger charge is 2.29. The van der Waals surface area contributed by atoms with Crippen LogP contribution in [0.4, 0.5) is 10.1 Å². The Morgan fingerprint density at radius 2 is 1.73 bits per heavy atom. The van der Waals surface area contributed by atoms with Crippen molar-refractivity contribution >= 4 is 17.2 Å². The summed E-state index contributed by atoms with van der Waals surface area (Å²) in [5, 5.41) is 3.07. The molecule has 2 aromatic heterocycles. The van der Waals surface area contributed by atoms with Crippen molar-refractivity contribution in [1.82, 2.24) is 8.97 Å². The van der Waals surface area contributed by atoms with E-state index in [1.807, 2.05) is 22.6 Å². The zero-order valence-electron chi connectivity index (χ0n) is 20.9. The minimum atomic E-state index is -0.299. The Balaban J connectivity index is 1.59. The number of methoxy groups -OCH3 is 1. The fraction of sp³-hybridized carbons (Fsp3) is 0.194. The number of carbonyl (C=O) groups is 1. The SMILES string of the molecule is COc1cccc(NC(=O)c2c(-c3ccc(F)cc3)c3c4n(c(-c5ccc(C)cc5)cn24)CCCC3)c1. The van der Waals surface area contributed by atoms with Crippen molar-refractivity contribution in [3.05, 3.63) is 102 Å². The quantitative estimate of drug-likeness (QED) is 0.283. The molecule has 0 bridgehead atoms. The van der Waals surface area contributed by atoms with Crippen molar-refractivity contribution in [2.24, 2.45) is 0 Å². The summed E-state index contributed by atoms with van der Waals surface area (Å²) in [6.45, 7) is 2.95. The number of nitrogens with one attached hydrogen (secondary N) is 1. The van der Waals surface area contributed by atoms with Crippen molar-refractivity contribution in [3.63, 3.8) is 0 Å². The minimum absolute atomic E-state index is 0.220. The van der Waals surface area contributed by atoms with E-state index in [0.717, 1.165) is 59.4 Å². The van der Waals surface area contributed by atoms with Gasteiger partial charge in [0.25, 0.3) is 5.91 Å². The lowest BCUT2D eigenvalue weighted by molar-refractivity contribution is 0.102. The Morgan fingerprint density at radius 3 is 2.49 bits per heavy atom. The van der Waals surface area contributed by atoms with Crippen LogP contribution < -0.4 is 10.1 Å². The van der Waals surface area contributed by atoms with Crippen molar-refractivity contribution in [2.45, 2.75) is 32.7 Å². The summed E-state index contributed by atoms with van der Waals surface area (Å²) in [6, 6.07) is 22.3. The second kappa shape index (κ2) is 9.28. The summed E-state index contributed by atoms with van der Waals surface area (Å²) in [7, 11) is 1.60. The van der Waals surface area contributed by atoms with Crippen molar-refractivity contribution in [2.75, 3.05) is 12.4 Å². The summed E-state index contributed by atoms with van der Waals surface area (Å²) in [5.74, 6) is 0.147. The highest BCUT2D eigenvalue weighted by molar-refractivity contribution is 6.10. The van der Waals surface area contributed by atoms with Crippen LogP contribution in [0, 0.1) is 12.7 Å². The van der Waals surface area contributed by atoms with Crippen LogP contribution >= 0.6 is 0 Å². The second-order valence-electron chi connectivity index (χ2n) is 9.58. The third kappa shape index (κ3) is 4.08. The highest BCUT2D eigenvalue weighted by Crippen LogP contribution is 2.40. The van der Waals surface area contributed by atoms with E-state index in [9.17, 15) is 9.18 Å². The van der Waals surface area contributed by atoms with Crippen LogP contribution in [0.5, 0.6) is 5.75 Å². The van der Waals surface area contributed by atoms with Crippen LogP contribution in [0.2, 0.25) is 0 Å². The van der Waals surface area contributed by atoms with Crippen LogP contribution in [-0.2, 0) is 13.0 Å². The van der Waals surface area contributed by atoms with Gasteiger partial charge in [0, 0.05) is 35.6 Å². The molecule has 0 fully saturated rings. The Hall–Kier alpha value is -4.32. The molecule has 6 rings (SSSR count). The third-order valence-electron chi connectivity index (χ3n) is 7.16. The molecule has 1 N–H and O–H groups in total. The van der Waals surface area contributed by atoms with E-state index in [4.69, 9.17) is 4.74 Å². The molecule has 0 aliphatic carbocycles. The molecule has 6 heteroatoms. The Kier molecular flexibility index (Phi) is 5.80. The molecule has 5 nitrogen and oxygen atoms in total. The van der Waals surface area contributed by atoms with Gasteiger partial charge in [0.1, 0.15) is 22.9 Å². The summed E-state index contributed by atoms with van der Waals surface area (Å²) in [4.78, 5) is 14.0. The number of rotatable bonds is 5. The van der Waals surface area contributed by atoms with Gasteiger partial charge in [-0.15, -0.1) is 0 Å². The highest BCUT2D eigenvalue weighted by atomic mass is 19.1. The van der Waals surface area contributed by atoms with E-state index in [-0.39, 0.29) is 11.7 Å². The summed E-state index contributed by atoms with van der Waals surface area (Å²) < 4.78 is 23.6. The van der Waals surface area contributed by atoms with Gasteiger partial charge in [-0.3, -0.25) is 9.20 Å². The fourth-order valence-electron chi connectivity index (χ4n) is 5.38. The molecule has 3 aromatic carbocycles. The minimum Gasteiger partial charge on any atom is -0.497 e. The number of hydrogen-bond donors (Lipinski definition) is 1. The number of imidazole rings is 1. The second-order valence-corrected chi connectivity index (χ2v) is 9.58. The average Bonchev–Trinajstić information content (AvgIpc) is 3.32. The van der Waals surface area contributed by atoms with Gasteiger partial charge in [0.15, 0.2) is 0 Å². The fourth-order valence-corrected chi connectivity index (χ4v) is 5.38. The Morgan fingerprint density at radius 1 is 0.973 bits per heavy atom. The molecule has 0 spiro atoms. The van der Waals surface area contributed by atoms with Crippen LogP contribution in [0.1, 0.15) is 34.5 Å². The monoisotopic (exact) mass is 493 g/mol. The Labute approximate surface area is 215 Å². The number of aryl methyl sites for hydroxylation is 3. The van der Waals surface area contributed by atoms with Gasteiger partial charge in [0.05, 0.1) is 12.8 Å². The van der Waals surface area contributed by atoms with Gasteiger partial charge in [-0.25, -0.2) is 4.39 Å². The number of hydrogen-bond acceptors (Lipinski definition) is 2. The Bertz CT molecular complexity index is 1610. The smallest absolute Gasteiger partial charge is 0.273 e. The molecule has 186 valence electrons. The maximum atomic E-state index is 14.0.